The fourth-order valence-corrected chi connectivity index (χ4v) is 3.37. The molecule has 0 bridgehead atoms. The van der Waals surface area contributed by atoms with Crippen molar-refractivity contribution in [2.45, 2.75) is 49.7 Å². The fraction of sp³-hybridized carbons (Fsp3) is 0.438. The summed E-state index contributed by atoms with van der Waals surface area (Å²) in [7, 11) is -4.22. The molecule has 25 heavy (non-hydrogen) atoms. The molecule has 0 radical (unpaired) electrons. The molecule has 2 heterocycles. The quantitative estimate of drug-likeness (QED) is 0.850. The lowest BCUT2D eigenvalue weighted by atomic mass is 9.93. The zero-order valence-electron chi connectivity index (χ0n) is 14.7. The number of aromatic nitrogens is 2. The van der Waals surface area contributed by atoms with Crippen LogP contribution in [0.4, 0.5) is 5.82 Å². The van der Waals surface area contributed by atoms with E-state index in [-0.39, 0.29) is 11.2 Å². The number of hydrogen-bond donors (Lipinski definition) is 2. The molecule has 2 rings (SSSR count). The van der Waals surface area contributed by atoms with Crippen molar-refractivity contribution in [3.05, 3.63) is 40.5 Å². The minimum absolute atomic E-state index is 0.111. The summed E-state index contributed by atoms with van der Waals surface area (Å²) in [5, 5.41) is 6.17. The molecule has 2 N–H and O–H groups in total. The molecule has 0 fully saturated rings. The van der Waals surface area contributed by atoms with Crippen LogP contribution in [0.5, 0.6) is 0 Å². The second kappa shape index (κ2) is 6.14. The van der Waals surface area contributed by atoms with Gasteiger partial charge in [0.25, 0.3) is 5.56 Å². The van der Waals surface area contributed by atoms with E-state index in [1.807, 2.05) is 20.8 Å². The third kappa shape index (κ3) is 3.51. The van der Waals surface area contributed by atoms with Crippen LogP contribution in [0.3, 0.4) is 0 Å². The summed E-state index contributed by atoms with van der Waals surface area (Å²) in [6, 6.07) is 4.09. The van der Waals surface area contributed by atoms with E-state index in [0.29, 0.717) is 5.76 Å². The highest BCUT2D eigenvalue weighted by Crippen LogP contribution is 2.27. The molecule has 8 nitrogen and oxygen atoms in total. The molecule has 0 aliphatic carbocycles. The summed E-state index contributed by atoms with van der Waals surface area (Å²) in [6.45, 7) is 8.20. The van der Waals surface area contributed by atoms with Crippen molar-refractivity contribution in [2.75, 3.05) is 5.32 Å². The molecule has 2 aromatic rings. The number of amides is 1. The molecule has 136 valence electrons. The van der Waals surface area contributed by atoms with Crippen LogP contribution in [0.1, 0.15) is 40.4 Å². The molecule has 0 spiro atoms. The van der Waals surface area contributed by atoms with Crippen molar-refractivity contribution < 1.29 is 17.7 Å². The van der Waals surface area contributed by atoms with Crippen LogP contribution < -0.4 is 10.9 Å². The molecule has 1 amide bonds. The fourth-order valence-electron chi connectivity index (χ4n) is 1.97. The second-order valence-corrected chi connectivity index (χ2v) is 9.63. The average Bonchev–Trinajstić information content (AvgIpc) is 2.96. The molecule has 0 saturated heterocycles. The number of nitrogens with one attached hydrogen (secondary N) is 2. The maximum absolute atomic E-state index is 12.7. The number of rotatable bonds is 4. The number of pyridine rings is 1. The monoisotopic (exact) mass is 367 g/mol. The van der Waals surface area contributed by atoms with Crippen molar-refractivity contribution in [1.29, 1.82) is 0 Å². The summed E-state index contributed by atoms with van der Waals surface area (Å²) in [5.74, 6) is -0.160. The molecule has 0 aromatic carbocycles. The van der Waals surface area contributed by atoms with Crippen LogP contribution in [0, 0.1) is 0 Å². The van der Waals surface area contributed by atoms with Gasteiger partial charge < -0.3 is 14.8 Å². The Morgan fingerprint density at radius 3 is 2.40 bits per heavy atom. The highest BCUT2D eigenvalue weighted by Gasteiger charge is 2.44. The maximum Gasteiger partial charge on any atom is 0.266 e. The van der Waals surface area contributed by atoms with E-state index in [1.54, 1.807) is 0 Å². The molecular weight excluding hydrogens is 346 g/mol. The molecule has 0 aliphatic heterocycles. The van der Waals surface area contributed by atoms with Gasteiger partial charge in [0.2, 0.25) is 5.91 Å². The van der Waals surface area contributed by atoms with Gasteiger partial charge in [0, 0.05) is 17.7 Å². The minimum atomic E-state index is -4.22. The van der Waals surface area contributed by atoms with Gasteiger partial charge in [-0.25, -0.2) is 8.42 Å². The average molecular weight is 367 g/mol. The van der Waals surface area contributed by atoms with Gasteiger partial charge in [-0.1, -0.05) is 25.9 Å². The van der Waals surface area contributed by atoms with E-state index in [0.717, 1.165) is 6.07 Å². The van der Waals surface area contributed by atoms with Crippen molar-refractivity contribution in [2.24, 2.45) is 0 Å². The lowest BCUT2D eigenvalue weighted by Gasteiger charge is -2.22. The van der Waals surface area contributed by atoms with Gasteiger partial charge in [-0.15, -0.1) is 0 Å². The number of H-pyrrole nitrogens is 1. The SMILES string of the molecule is CC(C)(C)c1cc(NC(=O)C(C)(C)S(=O)(=O)c2ccc[nH]c2=O)no1. The normalized spacial score (nSPS) is 12.8. The van der Waals surface area contributed by atoms with E-state index < -0.39 is 30.9 Å². The number of anilines is 1. The first-order valence-electron chi connectivity index (χ1n) is 7.58. The summed E-state index contributed by atoms with van der Waals surface area (Å²) in [6.07, 6.45) is 1.32. The van der Waals surface area contributed by atoms with Crippen molar-refractivity contribution in [3.63, 3.8) is 0 Å². The minimum Gasteiger partial charge on any atom is -0.359 e. The summed E-state index contributed by atoms with van der Waals surface area (Å²) in [5.41, 5.74) is -1.09. The summed E-state index contributed by atoms with van der Waals surface area (Å²) in [4.78, 5) is 26.2. The molecule has 9 heteroatoms. The maximum atomic E-state index is 12.7. The Labute approximate surface area is 145 Å². The van der Waals surface area contributed by atoms with E-state index in [2.05, 4.69) is 15.5 Å². The van der Waals surface area contributed by atoms with Gasteiger partial charge in [-0.3, -0.25) is 9.59 Å². The van der Waals surface area contributed by atoms with Gasteiger partial charge in [-0.05, 0) is 26.0 Å². The standard InChI is InChI=1S/C16H21N3O5S/c1-15(2,3)11-9-12(19-24-11)18-14(21)16(4,5)25(22,23)10-7-6-8-17-13(10)20/h6-9H,1-5H3,(H,17,20)(H,18,19,21). The third-order valence-electron chi connectivity index (χ3n) is 3.78. The molecular formula is C16H21N3O5S. The third-order valence-corrected chi connectivity index (χ3v) is 6.21. The first-order chi connectivity index (χ1) is 11.4. The topological polar surface area (TPSA) is 122 Å². The Hall–Kier alpha value is -2.42. The van der Waals surface area contributed by atoms with Crippen LogP contribution in [0.25, 0.3) is 0 Å². The summed E-state index contributed by atoms with van der Waals surface area (Å²) < 4.78 is 28.8. The lowest BCUT2D eigenvalue weighted by molar-refractivity contribution is -0.117. The van der Waals surface area contributed by atoms with Gasteiger partial charge in [0.15, 0.2) is 15.7 Å². The predicted molar refractivity (Wildman–Crippen MR) is 92.2 cm³/mol. The lowest BCUT2D eigenvalue weighted by Crippen LogP contribution is -2.46. The molecule has 0 saturated carbocycles. The van der Waals surface area contributed by atoms with Gasteiger partial charge in [0.05, 0.1) is 0 Å². The van der Waals surface area contributed by atoms with Crippen LogP contribution in [-0.4, -0.2) is 29.2 Å². The van der Waals surface area contributed by atoms with E-state index in [1.165, 1.54) is 32.2 Å². The first kappa shape index (κ1) is 18.9. The van der Waals surface area contributed by atoms with Gasteiger partial charge in [-0.2, -0.15) is 0 Å². The second-order valence-electron chi connectivity index (χ2n) is 7.16. The summed E-state index contributed by atoms with van der Waals surface area (Å²) >= 11 is 0. The van der Waals surface area contributed by atoms with Crippen LogP contribution >= 0.6 is 0 Å². The zero-order chi connectivity index (χ0) is 19.0. The van der Waals surface area contributed by atoms with Crippen molar-refractivity contribution in [3.8, 4) is 0 Å². The van der Waals surface area contributed by atoms with E-state index >= 15 is 0 Å². The highest BCUT2D eigenvalue weighted by atomic mass is 32.2. The Morgan fingerprint density at radius 2 is 1.88 bits per heavy atom. The zero-order valence-corrected chi connectivity index (χ0v) is 15.5. The number of nitrogens with zero attached hydrogens (tertiary/aromatic N) is 1. The Morgan fingerprint density at radius 1 is 1.24 bits per heavy atom. The first-order valence-corrected chi connectivity index (χ1v) is 9.06. The number of sulfone groups is 1. The van der Waals surface area contributed by atoms with Crippen LogP contribution in [0.2, 0.25) is 0 Å². The van der Waals surface area contributed by atoms with Crippen molar-refractivity contribution in [1.82, 2.24) is 10.1 Å². The molecule has 0 unspecified atom stereocenters. The van der Waals surface area contributed by atoms with Gasteiger partial charge >= 0.3 is 0 Å². The Balaban J connectivity index is 2.33. The van der Waals surface area contributed by atoms with Crippen molar-refractivity contribution >= 4 is 21.6 Å². The Kier molecular flexibility index (Phi) is 4.65. The number of carbonyl (C=O) groups excluding carboxylic acids is 1. The largest absolute Gasteiger partial charge is 0.359 e. The predicted octanol–water partition coefficient (Wildman–Crippen LogP) is 1.85. The smallest absolute Gasteiger partial charge is 0.266 e. The highest BCUT2D eigenvalue weighted by molar-refractivity contribution is 7.93. The molecule has 0 atom stereocenters. The Bertz CT molecular complexity index is 948. The van der Waals surface area contributed by atoms with Gasteiger partial charge in [0.1, 0.15) is 15.4 Å². The molecule has 2 aromatic heterocycles. The number of hydrogen-bond acceptors (Lipinski definition) is 6. The number of carbonyl (C=O) groups is 1. The van der Waals surface area contributed by atoms with E-state index in [9.17, 15) is 18.0 Å². The van der Waals surface area contributed by atoms with Crippen LogP contribution in [0.15, 0.2) is 38.6 Å². The van der Waals surface area contributed by atoms with E-state index in [4.69, 9.17) is 4.52 Å². The molecule has 0 aliphatic rings. The van der Waals surface area contributed by atoms with Crippen LogP contribution in [-0.2, 0) is 20.0 Å². The number of aromatic amines is 1.